The van der Waals surface area contributed by atoms with Crippen LogP contribution in [-0.2, 0) is 0 Å². The van der Waals surface area contributed by atoms with Gasteiger partial charge in [-0.1, -0.05) is 66.7 Å². The highest BCUT2D eigenvalue weighted by Gasteiger charge is 2.16. The van der Waals surface area contributed by atoms with E-state index in [1.807, 2.05) is 54.6 Å². The molecule has 0 aliphatic rings. The van der Waals surface area contributed by atoms with Gasteiger partial charge < -0.3 is 10.4 Å². The van der Waals surface area contributed by atoms with Gasteiger partial charge in [-0.3, -0.25) is 4.79 Å². The van der Waals surface area contributed by atoms with Crippen LogP contribution in [0.1, 0.15) is 22.3 Å². The van der Waals surface area contributed by atoms with E-state index in [9.17, 15) is 9.90 Å². The molecule has 0 aromatic heterocycles. The minimum absolute atomic E-state index is 0.0535. The molecule has 1 atom stereocenters. The summed E-state index contributed by atoms with van der Waals surface area (Å²) in [6.45, 7) is 4.68. The molecule has 24 heavy (non-hydrogen) atoms. The van der Waals surface area contributed by atoms with Gasteiger partial charge in [0.25, 0.3) is 0 Å². The fourth-order valence-corrected chi connectivity index (χ4v) is 2.42. The first-order valence-corrected chi connectivity index (χ1v) is 8.05. The van der Waals surface area contributed by atoms with E-state index in [1.54, 1.807) is 18.2 Å². The highest BCUT2D eigenvalue weighted by Crippen LogP contribution is 2.17. The number of benzene rings is 2. The summed E-state index contributed by atoms with van der Waals surface area (Å²) in [5.74, 6) is -0.0535. The van der Waals surface area contributed by atoms with Crippen molar-refractivity contribution in [2.24, 2.45) is 0 Å². The summed E-state index contributed by atoms with van der Waals surface area (Å²) in [5, 5.41) is 13.3. The Morgan fingerprint density at radius 3 is 2.33 bits per heavy atom. The Bertz CT molecular complexity index is 677. The van der Waals surface area contributed by atoms with Crippen molar-refractivity contribution in [1.82, 2.24) is 5.32 Å². The number of ketones is 1. The first-order chi connectivity index (χ1) is 11.7. The van der Waals surface area contributed by atoms with E-state index in [-0.39, 0.29) is 5.78 Å². The maximum atomic E-state index is 12.8. The Labute approximate surface area is 143 Å². The SMILES string of the molecule is C=CCNCC(O)CC(=Cc1ccccc1)C(=O)c1ccccc1. The van der Waals surface area contributed by atoms with Gasteiger partial charge in [0, 0.05) is 30.6 Å². The average molecular weight is 321 g/mol. The lowest BCUT2D eigenvalue weighted by molar-refractivity contribution is 0.101. The van der Waals surface area contributed by atoms with Crippen LogP contribution in [0.25, 0.3) is 6.08 Å². The van der Waals surface area contributed by atoms with Crippen molar-refractivity contribution < 1.29 is 9.90 Å². The number of nitrogens with one attached hydrogen (secondary N) is 1. The van der Waals surface area contributed by atoms with Crippen molar-refractivity contribution in [2.45, 2.75) is 12.5 Å². The molecule has 2 N–H and O–H groups in total. The Balaban J connectivity index is 2.20. The molecule has 0 fully saturated rings. The zero-order valence-electron chi connectivity index (χ0n) is 13.7. The zero-order valence-corrected chi connectivity index (χ0v) is 13.7. The smallest absolute Gasteiger partial charge is 0.189 e. The lowest BCUT2D eigenvalue weighted by Crippen LogP contribution is -2.28. The third-order valence-electron chi connectivity index (χ3n) is 3.59. The molecule has 124 valence electrons. The van der Waals surface area contributed by atoms with Gasteiger partial charge in [0.1, 0.15) is 0 Å². The third-order valence-corrected chi connectivity index (χ3v) is 3.59. The van der Waals surface area contributed by atoms with Crippen LogP contribution in [0.4, 0.5) is 0 Å². The molecule has 0 heterocycles. The van der Waals surface area contributed by atoms with Gasteiger partial charge in [0.15, 0.2) is 5.78 Å². The van der Waals surface area contributed by atoms with E-state index < -0.39 is 6.10 Å². The second kappa shape index (κ2) is 9.60. The van der Waals surface area contributed by atoms with E-state index in [4.69, 9.17) is 0 Å². The fourth-order valence-electron chi connectivity index (χ4n) is 2.42. The molecule has 0 aliphatic heterocycles. The fraction of sp³-hybridized carbons (Fsp3) is 0.190. The molecule has 0 bridgehead atoms. The Morgan fingerprint density at radius 2 is 1.71 bits per heavy atom. The highest BCUT2D eigenvalue weighted by molar-refractivity contribution is 6.11. The summed E-state index contributed by atoms with van der Waals surface area (Å²) in [7, 11) is 0. The lowest BCUT2D eigenvalue weighted by Gasteiger charge is -2.14. The van der Waals surface area contributed by atoms with Crippen LogP contribution in [0.5, 0.6) is 0 Å². The van der Waals surface area contributed by atoms with Crippen molar-refractivity contribution in [3.8, 4) is 0 Å². The van der Waals surface area contributed by atoms with Gasteiger partial charge in [0.2, 0.25) is 0 Å². The zero-order chi connectivity index (χ0) is 17.2. The van der Waals surface area contributed by atoms with E-state index >= 15 is 0 Å². The summed E-state index contributed by atoms with van der Waals surface area (Å²) < 4.78 is 0. The second-order valence-corrected chi connectivity index (χ2v) is 5.58. The number of carbonyl (C=O) groups excluding carboxylic acids is 1. The summed E-state index contributed by atoms with van der Waals surface area (Å²) in [6, 6.07) is 18.8. The standard InChI is InChI=1S/C21H23NO2/c1-2-13-22-16-20(23)15-19(14-17-9-5-3-6-10-17)21(24)18-11-7-4-8-12-18/h2-12,14,20,22-23H,1,13,15-16H2. The van der Waals surface area contributed by atoms with Crippen LogP contribution in [0.15, 0.2) is 78.9 Å². The number of rotatable bonds is 9. The van der Waals surface area contributed by atoms with Crippen LogP contribution >= 0.6 is 0 Å². The predicted octanol–water partition coefficient (Wildman–Crippen LogP) is 3.48. The molecule has 2 aromatic carbocycles. The molecule has 0 amide bonds. The highest BCUT2D eigenvalue weighted by atomic mass is 16.3. The van der Waals surface area contributed by atoms with Gasteiger partial charge >= 0.3 is 0 Å². The van der Waals surface area contributed by atoms with Gasteiger partial charge in [-0.15, -0.1) is 6.58 Å². The Hall–Kier alpha value is -2.49. The molecule has 0 aliphatic carbocycles. The third kappa shape index (κ3) is 5.61. The summed E-state index contributed by atoms with van der Waals surface area (Å²) in [5.41, 5.74) is 2.18. The topological polar surface area (TPSA) is 49.3 Å². The molecule has 1 unspecified atom stereocenters. The molecule has 0 saturated heterocycles. The van der Waals surface area contributed by atoms with Crippen molar-refractivity contribution in [2.75, 3.05) is 13.1 Å². The number of aliphatic hydroxyl groups is 1. The minimum Gasteiger partial charge on any atom is -0.391 e. The van der Waals surface area contributed by atoms with Crippen molar-refractivity contribution in [3.05, 3.63) is 90.0 Å². The molecule has 0 saturated carbocycles. The number of Topliss-reactive ketones (excluding diaryl/α,β-unsaturated/α-hetero) is 1. The van der Waals surface area contributed by atoms with Crippen LogP contribution in [-0.4, -0.2) is 30.1 Å². The van der Waals surface area contributed by atoms with E-state index in [2.05, 4.69) is 11.9 Å². The lowest BCUT2D eigenvalue weighted by atomic mass is 9.96. The molecule has 3 nitrogen and oxygen atoms in total. The van der Waals surface area contributed by atoms with Gasteiger partial charge in [0.05, 0.1) is 6.10 Å². The van der Waals surface area contributed by atoms with Crippen LogP contribution < -0.4 is 5.32 Å². The number of aliphatic hydroxyl groups excluding tert-OH is 1. The largest absolute Gasteiger partial charge is 0.391 e. The summed E-state index contributed by atoms with van der Waals surface area (Å²) >= 11 is 0. The number of hydrogen-bond donors (Lipinski definition) is 2. The molecule has 3 heteroatoms. The summed E-state index contributed by atoms with van der Waals surface area (Å²) in [4.78, 5) is 12.8. The Kier molecular flexibility index (Phi) is 7.15. The minimum atomic E-state index is -0.632. The maximum Gasteiger partial charge on any atom is 0.189 e. The van der Waals surface area contributed by atoms with Gasteiger partial charge in [-0.25, -0.2) is 0 Å². The molecule has 0 radical (unpaired) electrons. The number of carbonyl (C=O) groups is 1. The summed E-state index contributed by atoms with van der Waals surface area (Å²) in [6.07, 6.45) is 3.26. The molecular weight excluding hydrogens is 298 g/mol. The first-order valence-electron chi connectivity index (χ1n) is 8.05. The van der Waals surface area contributed by atoms with Gasteiger partial charge in [-0.05, 0) is 11.6 Å². The van der Waals surface area contributed by atoms with Crippen LogP contribution in [0.2, 0.25) is 0 Å². The van der Waals surface area contributed by atoms with Crippen molar-refractivity contribution in [3.63, 3.8) is 0 Å². The monoisotopic (exact) mass is 321 g/mol. The van der Waals surface area contributed by atoms with Crippen molar-refractivity contribution in [1.29, 1.82) is 0 Å². The molecule has 2 rings (SSSR count). The molecular formula is C21H23NO2. The number of hydrogen-bond acceptors (Lipinski definition) is 3. The predicted molar refractivity (Wildman–Crippen MR) is 98.9 cm³/mol. The van der Waals surface area contributed by atoms with Crippen molar-refractivity contribution >= 4 is 11.9 Å². The quantitative estimate of drug-likeness (QED) is 0.322. The normalized spacial score (nSPS) is 12.6. The van der Waals surface area contributed by atoms with E-state index in [0.717, 1.165) is 5.56 Å². The van der Waals surface area contributed by atoms with Crippen LogP contribution in [0, 0.1) is 0 Å². The van der Waals surface area contributed by atoms with E-state index in [0.29, 0.717) is 30.6 Å². The Morgan fingerprint density at radius 1 is 1.08 bits per heavy atom. The van der Waals surface area contributed by atoms with Crippen LogP contribution in [0.3, 0.4) is 0 Å². The molecule has 0 spiro atoms. The van der Waals surface area contributed by atoms with Gasteiger partial charge in [-0.2, -0.15) is 0 Å². The maximum absolute atomic E-state index is 12.8. The average Bonchev–Trinajstić information content (AvgIpc) is 2.62. The molecule has 2 aromatic rings. The van der Waals surface area contributed by atoms with E-state index in [1.165, 1.54) is 0 Å². The first kappa shape index (κ1) is 17.9. The second-order valence-electron chi connectivity index (χ2n) is 5.58.